The normalized spacial score (nSPS) is 28.8. The van der Waals surface area contributed by atoms with E-state index in [1.54, 1.807) is 0 Å². The molecular formula is C19H23FN4OS. The first-order valence-corrected chi connectivity index (χ1v) is 10.0. The van der Waals surface area contributed by atoms with E-state index < -0.39 is 6.17 Å². The number of aromatic nitrogens is 2. The highest BCUT2D eigenvalue weighted by Gasteiger charge is 2.40. The number of alkyl halides is 1. The standard InChI is InChI=1S/C19H23FN4OS/c1-10-13-7-22(2)8-14(13)24-16(9-23(10)3)21-18-17(19(24)25)12-5-4-11(20)6-15(12)26-18/h11,13-14H,1,4-9H2,2-3H3/t11-,13+,14+/m1/s1. The third-order valence-corrected chi connectivity index (χ3v) is 7.38. The largest absolute Gasteiger partial charge is 0.371 e. The minimum Gasteiger partial charge on any atom is -0.371 e. The smallest absolute Gasteiger partial charge is 0.262 e. The summed E-state index contributed by atoms with van der Waals surface area (Å²) in [4.78, 5) is 24.6. The molecule has 138 valence electrons. The van der Waals surface area contributed by atoms with Gasteiger partial charge in [-0.1, -0.05) is 6.58 Å². The van der Waals surface area contributed by atoms with Gasteiger partial charge in [0.15, 0.2) is 0 Å². The van der Waals surface area contributed by atoms with Crippen molar-refractivity contribution in [2.45, 2.75) is 38.0 Å². The molecule has 1 saturated heterocycles. The fourth-order valence-corrected chi connectivity index (χ4v) is 6.15. The summed E-state index contributed by atoms with van der Waals surface area (Å²) in [7, 11) is 4.11. The maximum Gasteiger partial charge on any atom is 0.262 e. The van der Waals surface area contributed by atoms with Gasteiger partial charge in [0, 0.05) is 43.1 Å². The summed E-state index contributed by atoms with van der Waals surface area (Å²) >= 11 is 1.51. The van der Waals surface area contributed by atoms with E-state index in [0.29, 0.717) is 25.8 Å². The summed E-state index contributed by atoms with van der Waals surface area (Å²) < 4.78 is 15.8. The van der Waals surface area contributed by atoms with Crippen LogP contribution in [0.25, 0.3) is 10.2 Å². The molecule has 3 atom stereocenters. The molecule has 0 radical (unpaired) electrons. The highest BCUT2D eigenvalue weighted by atomic mass is 32.1. The predicted molar refractivity (Wildman–Crippen MR) is 101 cm³/mol. The number of hydrogen-bond acceptors (Lipinski definition) is 5. The summed E-state index contributed by atoms with van der Waals surface area (Å²) in [6.45, 7) is 6.63. The second-order valence-corrected chi connectivity index (χ2v) is 9.05. The van der Waals surface area contributed by atoms with E-state index in [-0.39, 0.29) is 17.5 Å². The molecule has 0 N–H and O–H groups in total. The van der Waals surface area contributed by atoms with E-state index in [0.717, 1.165) is 45.3 Å². The van der Waals surface area contributed by atoms with Crippen molar-refractivity contribution in [2.24, 2.45) is 5.92 Å². The van der Waals surface area contributed by atoms with Crippen LogP contribution in [0.3, 0.4) is 0 Å². The maximum atomic E-state index is 13.8. The van der Waals surface area contributed by atoms with Crippen LogP contribution in [0, 0.1) is 5.92 Å². The molecule has 7 heteroatoms. The first-order valence-electron chi connectivity index (χ1n) is 9.22. The lowest BCUT2D eigenvalue weighted by Gasteiger charge is -2.24. The van der Waals surface area contributed by atoms with Gasteiger partial charge in [0.2, 0.25) is 0 Å². The van der Waals surface area contributed by atoms with Crippen molar-refractivity contribution >= 4 is 21.6 Å². The Morgan fingerprint density at radius 1 is 1.31 bits per heavy atom. The molecule has 1 aliphatic carbocycles. The zero-order chi connectivity index (χ0) is 18.2. The number of hydrogen-bond donors (Lipinski definition) is 0. The number of likely N-dealkylation sites (N-methyl/N-ethyl adjacent to an activating group) is 1. The number of thiophene rings is 1. The summed E-state index contributed by atoms with van der Waals surface area (Å²) in [5.41, 5.74) is 2.19. The van der Waals surface area contributed by atoms with Crippen LogP contribution >= 0.6 is 11.3 Å². The quantitative estimate of drug-likeness (QED) is 0.710. The molecule has 2 aromatic heterocycles. The highest BCUT2D eigenvalue weighted by Crippen LogP contribution is 2.39. The topological polar surface area (TPSA) is 41.4 Å². The molecule has 0 saturated carbocycles. The predicted octanol–water partition coefficient (Wildman–Crippen LogP) is 2.35. The number of likely N-dealkylation sites (tertiary alicyclic amines) is 1. The van der Waals surface area contributed by atoms with Gasteiger partial charge < -0.3 is 9.80 Å². The van der Waals surface area contributed by atoms with Crippen LogP contribution in [0.1, 0.15) is 28.7 Å². The zero-order valence-electron chi connectivity index (χ0n) is 15.2. The van der Waals surface area contributed by atoms with Crippen LogP contribution in [-0.2, 0) is 19.4 Å². The lowest BCUT2D eigenvalue weighted by Crippen LogP contribution is -2.32. The van der Waals surface area contributed by atoms with Crippen molar-refractivity contribution < 1.29 is 4.39 Å². The molecule has 5 rings (SSSR count). The van der Waals surface area contributed by atoms with E-state index in [1.165, 1.54) is 11.3 Å². The lowest BCUT2D eigenvalue weighted by molar-refractivity contribution is 0.304. The zero-order valence-corrected chi connectivity index (χ0v) is 16.0. The minimum atomic E-state index is -0.793. The van der Waals surface area contributed by atoms with Crippen molar-refractivity contribution in [1.82, 2.24) is 19.4 Å². The number of nitrogens with zero attached hydrogens (tertiary/aromatic N) is 4. The fraction of sp³-hybridized carbons (Fsp3) is 0.579. The van der Waals surface area contributed by atoms with Crippen molar-refractivity contribution in [3.63, 3.8) is 0 Å². The Kier molecular flexibility index (Phi) is 3.56. The molecule has 0 unspecified atom stereocenters. The van der Waals surface area contributed by atoms with E-state index in [2.05, 4.69) is 23.4 Å². The molecule has 4 heterocycles. The number of aryl methyl sites for hydroxylation is 1. The van der Waals surface area contributed by atoms with Gasteiger partial charge >= 0.3 is 0 Å². The Hall–Kier alpha value is -1.73. The Labute approximate surface area is 155 Å². The molecule has 0 aromatic carbocycles. The Balaban J connectivity index is 1.76. The van der Waals surface area contributed by atoms with Crippen molar-refractivity contribution in [2.75, 3.05) is 27.2 Å². The van der Waals surface area contributed by atoms with E-state index in [4.69, 9.17) is 4.98 Å². The Morgan fingerprint density at radius 3 is 2.92 bits per heavy atom. The molecule has 1 fully saturated rings. The second kappa shape index (κ2) is 5.63. The fourth-order valence-electron chi connectivity index (χ4n) is 4.86. The van der Waals surface area contributed by atoms with Crippen molar-refractivity contribution in [3.8, 4) is 0 Å². The lowest BCUT2D eigenvalue weighted by atomic mass is 9.95. The minimum absolute atomic E-state index is 0.0632. The molecule has 2 aliphatic heterocycles. The number of halogens is 1. The average Bonchev–Trinajstić information content (AvgIpc) is 3.11. The van der Waals surface area contributed by atoms with Gasteiger partial charge in [-0.15, -0.1) is 11.3 Å². The molecular weight excluding hydrogens is 351 g/mol. The van der Waals surface area contributed by atoms with Crippen LogP contribution in [-0.4, -0.2) is 52.7 Å². The number of rotatable bonds is 0. The summed E-state index contributed by atoms with van der Waals surface area (Å²) in [6.07, 6.45) is 0.789. The van der Waals surface area contributed by atoms with Crippen molar-refractivity contribution in [1.29, 1.82) is 0 Å². The highest BCUT2D eigenvalue weighted by molar-refractivity contribution is 7.18. The molecule has 5 nitrogen and oxygen atoms in total. The van der Waals surface area contributed by atoms with E-state index >= 15 is 0 Å². The summed E-state index contributed by atoms with van der Waals surface area (Å²) in [5, 5.41) is 0.740. The van der Waals surface area contributed by atoms with Crippen LogP contribution < -0.4 is 5.56 Å². The SMILES string of the molecule is C=C1[C@@H]2CN(C)C[C@@H]2n2c(nc3sc4c(c3c2=O)CC[C@@H](F)C4)CN1C. The molecule has 2 aromatic rings. The van der Waals surface area contributed by atoms with Gasteiger partial charge in [-0.05, 0) is 25.5 Å². The molecule has 3 aliphatic rings. The number of fused-ring (bicyclic) bond motifs is 6. The first-order chi connectivity index (χ1) is 12.4. The second-order valence-electron chi connectivity index (χ2n) is 7.97. The summed E-state index contributed by atoms with van der Waals surface area (Å²) in [5.74, 6) is 1.04. The Bertz CT molecular complexity index is 980. The van der Waals surface area contributed by atoms with Crippen LogP contribution in [0.2, 0.25) is 0 Å². The van der Waals surface area contributed by atoms with Gasteiger partial charge in [-0.25, -0.2) is 9.37 Å². The van der Waals surface area contributed by atoms with Crippen LogP contribution in [0.15, 0.2) is 17.1 Å². The average molecular weight is 374 g/mol. The van der Waals surface area contributed by atoms with E-state index in [9.17, 15) is 9.18 Å². The monoisotopic (exact) mass is 374 g/mol. The molecule has 0 bridgehead atoms. The van der Waals surface area contributed by atoms with Crippen LogP contribution in [0.5, 0.6) is 0 Å². The van der Waals surface area contributed by atoms with Gasteiger partial charge in [0.1, 0.15) is 16.8 Å². The van der Waals surface area contributed by atoms with Crippen LogP contribution in [0.4, 0.5) is 4.39 Å². The van der Waals surface area contributed by atoms with E-state index in [1.807, 2.05) is 11.6 Å². The van der Waals surface area contributed by atoms with Crippen molar-refractivity contribution in [3.05, 3.63) is 38.9 Å². The molecule has 0 amide bonds. The van der Waals surface area contributed by atoms with Gasteiger partial charge in [-0.3, -0.25) is 9.36 Å². The molecule has 0 spiro atoms. The molecule has 26 heavy (non-hydrogen) atoms. The van der Waals surface area contributed by atoms with Gasteiger partial charge in [0.05, 0.1) is 18.0 Å². The van der Waals surface area contributed by atoms with Gasteiger partial charge in [-0.2, -0.15) is 0 Å². The van der Waals surface area contributed by atoms with Gasteiger partial charge in [0.25, 0.3) is 5.56 Å². The Morgan fingerprint density at radius 2 is 2.12 bits per heavy atom. The third kappa shape index (κ3) is 2.23. The maximum absolute atomic E-state index is 13.8. The summed E-state index contributed by atoms with van der Waals surface area (Å²) in [6, 6.07) is 0.0740. The first kappa shape index (κ1) is 16.4. The third-order valence-electron chi connectivity index (χ3n) is 6.23.